The van der Waals surface area contributed by atoms with Crippen LogP contribution in [0.3, 0.4) is 0 Å². The minimum atomic E-state index is -4.56. The Morgan fingerprint density at radius 2 is 1.66 bits per heavy atom. The third kappa shape index (κ3) is 7.11. The maximum Gasteiger partial charge on any atom is 0.522 e. The minimum Gasteiger partial charge on any atom is -0.492 e. The zero-order valence-electron chi connectivity index (χ0n) is 18.2. The van der Waals surface area contributed by atoms with Crippen LogP contribution < -0.4 is 4.74 Å². The molecule has 0 spiro atoms. The van der Waals surface area contributed by atoms with Gasteiger partial charge in [0.2, 0.25) is 0 Å². The lowest BCUT2D eigenvalue weighted by Crippen LogP contribution is -2.27. The van der Waals surface area contributed by atoms with Crippen LogP contribution in [-0.4, -0.2) is 19.1 Å². The highest BCUT2D eigenvalue weighted by atomic mass is 35.5. The number of benzene rings is 2. The first-order chi connectivity index (χ1) is 15.3. The van der Waals surface area contributed by atoms with Crippen LogP contribution in [0.1, 0.15) is 68.1 Å². The SMILES string of the molecule is CCCCOc1ccc(CCc2ccc(C3CCC(OC(F)(F)F)CC3)cc2)c(F)c1Cl. The van der Waals surface area contributed by atoms with Crippen molar-refractivity contribution in [3.8, 4) is 5.75 Å². The van der Waals surface area contributed by atoms with Gasteiger partial charge in [-0.25, -0.2) is 4.39 Å². The lowest BCUT2D eigenvalue weighted by Gasteiger charge is -2.29. The normalized spacial score (nSPS) is 19.2. The molecule has 1 aliphatic carbocycles. The quantitative estimate of drug-likeness (QED) is 0.272. The van der Waals surface area contributed by atoms with E-state index in [1.165, 1.54) is 0 Å². The zero-order valence-corrected chi connectivity index (χ0v) is 18.9. The third-order valence-corrected chi connectivity index (χ3v) is 6.34. The van der Waals surface area contributed by atoms with Crippen molar-refractivity contribution in [2.75, 3.05) is 6.61 Å². The van der Waals surface area contributed by atoms with Gasteiger partial charge in [-0.15, -0.1) is 13.2 Å². The van der Waals surface area contributed by atoms with Gasteiger partial charge in [-0.3, -0.25) is 4.74 Å². The molecule has 0 N–H and O–H groups in total. The molecule has 2 aromatic rings. The molecular formula is C25H29ClF4O2. The number of aryl methyl sites for hydroxylation is 2. The number of unbranched alkanes of at least 4 members (excludes halogenated alkanes) is 1. The molecule has 2 nitrogen and oxygen atoms in total. The van der Waals surface area contributed by atoms with Gasteiger partial charge < -0.3 is 4.74 Å². The van der Waals surface area contributed by atoms with Gasteiger partial charge in [-0.1, -0.05) is 55.3 Å². The van der Waals surface area contributed by atoms with Crippen molar-refractivity contribution in [1.29, 1.82) is 0 Å². The Labute approximate surface area is 191 Å². The van der Waals surface area contributed by atoms with E-state index in [2.05, 4.69) is 11.7 Å². The number of hydrogen-bond acceptors (Lipinski definition) is 2. The predicted molar refractivity (Wildman–Crippen MR) is 118 cm³/mol. The minimum absolute atomic E-state index is 0.0269. The fourth-order valence-corrected chi connectivity index (χ4v) is 4.38. The second-order valence-electron chi connectivity index (χ2n) is 8.33. The molecule has 0 saturated heterocycles. The average Bonchev–Trinajstić information content (AvgIpc) is 2.76. The third-order valence-electron chi connectivity index (χ3n) is 5.99. The number of halogens is 5. The van der Waals surface area contributed by atoms with Crippen LogP contribution >= 0.6 is 11.6 Å². The van der Waals surface area contributed by atoms with Crippen molar-refractivity contribution in [1.82, 2.24) is 0 Å². The molecule has 176 valence electrons. The number of ether oxygens (including phenoxy) is 2. The lowest BCUT2D eigenvalue weighted by molar-refractivity contribution is -0.345. The molecule has 1 saturated carbocycles. The van der Waals surface area contributed by atoms with E-state index in [1.54, 1.807) is 12.1 Å². The smallest absolute Gasteiger partial charge is 0.492 e. The summed E-state index contributed by atoms with van der Waals surface area (Å²) in [6, 6.07) is 11.5. The van der Waals surface area contributed by atoms with Crippen LogP contribution in [0.5, 0.6) is 5.75 Å². The first kappa shape index (κ1) is 24.8. The summed E-state index contributed by atoms with van der Waals surface area (Å²) in [6.45, 7) is 2.57. The fourth-order valence-electron chi connectivity index (χ4n) is 4.14. The van der Waals surface area contributed by atoms with Crippen molar-refractivity contribution in [2.45, 2.75) is 76.7 Å². The highest BCUT2D eigenvalue weighted by Gasteiger charge is 2.35. The molecule has 0 bridgehead atoms. The summed E-state index contributed by atoms with van der Waals surface area (Å²) >= 11 is 6.14. The summed E-state index contributed by atoms with van der Waals surface area (Å²) in [6.07, 6.45) is -0.0820. The van der Waals surface area contributed by atoms with Crippen LogP contribution in [0.4, 0.5) is 17.6 Å². The largest absolute Gasteiger partial charge is 0.522 e. The molecule has 32 heavy (non-hydrogen) atoms. The van der Waals surface area contributed by atoms with Gasteiger partial charge in [-0.05, 0) is 73.6 Å². The molecule has 1 fully saturated rings. The zero-order chi connectivity index (χ0) is 23.1. The first-order valence-electron chi connectivity index (χ1n) is 11.2. The van der Waals surface area contributed by atoms with Crippen molar-refractivity contribution in [3.05, 3.63) is 63.9 Å². The van der Waals surface area contributed by atoms with Gasteiger partial charge in [-0.2, -0.15) is 0 Å². The molecule has 0 amide bonds. The van der Waals surface area contributed by atoms with Crippen molar-refractivity contribution < 1.29 is 27.0 Å². The van der Waals surface area contributed by atoms with E-state index in [0.717, 1.165) is 24.0 Å². The van der Waals surface area contributed by atoms with Gasteiger partial charge in [0.05, 0.1) is 12.7 Å². The Balaban J connectivity index is 1.52. The molecule has 0 aliphatic heterocycles. The van der Waals surface area contributed by atoms with E-state index in [-0.39, 0.29) is 10.9 Å². The van der Waals surface area contributed by atoms with E-state index in [1.807, 2.05) is 24.3 Å². The molecule has 0 atom stereocenters. The highest BCUT2D eigenvalue weighted by molar-refractivity contribution is 6.32. The summed E-state index contributed by atoms with van der Waals surface area (Å²) < 4.78 is 61.4. The Bertz CT molecular complexity index is 859. The van der Waals surface area contributed by atoms with Crippen molar-refractivity contribution >= 4 is 11.6 Å². The van der Waals surface area contributed by atoms with Crippen LogP contribution in [-0.2, 0) is 17.6 Å². The number of rotatable bonds is 9. The molecule has 3 rings (SSSR count). The van der Waals surface area contributed by atoms with Gasteiger partial charge >= 0.3 is 6.36 Å². The molecule has 0 heterocycles. The van der Waals surface area contributed by atoms with Crippen molar-refractivity contribution in [2.24, 2.45) is 0 Å². The highest BCUT2D eigenvalue weighted by Crippen LogP contribution is 2.36. The Morgan fingerprint density at radius 1 is 0.969 bits per heavy atom. The van der Waals surface area contributed by atoms with Gasteiger partial charge in [0, 0.05) is 0 Å². The van der Waals surface area contributed by atoms with E-state index in [4.69, 9.17) is 16.3 Å². The molecule has 7 heteroatoms. The monoisotopic (exact) mass is 472 g/mol. The van der Waals surface area contributed by atoms with Crippen LogP contribution in [0.2, 0.25) is 5.02 Å². The Morgan fingerprint density at radius 3 is 2.28 bits per heavy atom. The molecule has 0 aromatic heterocycles. The summed E-state index contributed by atoms with van der Waals surface area (Å²) in [7, 11) is 0. The summed E-state index contributed by atoms with van der Waals surface area (Å²) in [5.74, 6) is 0.185. The van der Waals surface area contributed by atoms with Crippen LogP contribution in [0.25, 0.3) is 0 Å². The van der Waals surface area contributed by atoms with Gasteiger partial charge in [0.1, 0.15) is 16.6 Å². The molecule has 2 aromatic carbocycles. The molecule has 0 unspecified atom stereocenters. The maximum atomic E-state index is 14.6. The lowest BCUT2D eigenvalue weighted by atomic mass is 9.82. The predicted octanol–water partition coefficient (Wildman–Crippen LogP) is 8.01. The maximum absolute atomic E-state index is 14.6. The summed E-state index contributed by atoms with van der Waals surface area (Å²) in [5.41, 5.74) is 2.74. The summed E-state index contributed by atoms with van der Waals surface area (Å²) in [4.78, 5) is 0. The van der Waals surface area contributed by atoms with E-state index in [0.29, 0.717) is 56.4 Å². The Hall–Kier alpha value is -1.79. The van der Waals surface area contributed by atoms with E-state index < -0.39 is 18.3 Å². The summed E-state index contributed by atoms with van der Waals surface area (Å²) in [5, 5.41) is 0.0269. The standard InChI is InChI=1S/C25H29ClF4O2/c1-2-3-16-31-22-15-12-20(24(27)23(22)26)9-6-17-4-7-18(8-5-17)19-10-13-21(14-11-19)32-25(28,29)30/h4-5,7-8,12,15,19,21H,2-3,6,9-11,13-14,16H2,1H3. The van der Waals surface area contributed by atoms with Crippen LogP contribution in [0.15, 0.2) is 36.4 Å². The molecule has 1 aliphatic rings. The van der Waals surface area contributed by atoms with E-state index in [9.17, 15) is 17.6 Å². The molecular weight excluding hydrogens is 444 g/mol. The van der Waals surface area contributed by atoms with Gasteiger partial charge in [0.25, 0.3) is 0 Å². The number of alkyl halides is 3. The second-order valence-corrected chi connectivity index (χ2v) is 8.71. The Kier molecular flexibility index (Phi) is 8.83. The first-order valence-corrected chi connectivity index (χ1v) is 11.6. The second kappa shape index (κ2) is 11.4. The molecule has 0 radical (unpaired) electrons. The average molecular weight is 473 g/mol. The van der Waals surface area contributed by atoms with Crippen LogP contribution in [0, 0.1) is 5.82 Å². The van der Waals surface area contributed by atoms with Crippen molar-refractivity contribution in [3.63, 3.8) is 0 Å². The number of hydrogen-bond donors (Lipinski definition) is 0. The van der Waals surface area contributed by atoms with E-state index >= 15 is 0 Å². The van der Waals surface area contributed by atoms with Gasteiger partial charge in [0.15, 0.2) is 0 Å². The fraction of sp³-hybridized carbons (Fsp3) is 0.520. The topological polar surface area (TPSA) is 18.5 Å².